The minimum absolute atomic E-state index is 0.318. The van der Waals surface area contributed by atoms with Crippen LogP contribution in [0.15, 0.2) is 12.4 Å². The lowest BCUT2D eigenvalue weighted by atomic mass is 10.2. The Balaban J connectivity index is 2.62. The predicted octanol–water partition coefficient (Wildman–Crippen LogP) is 1.90. The normalized spacial score (nSPS) is 11.4. The second-order valence-corrected chi connectivity index (χ2v) is 3.53. The number of fused-ring (bicyclic) bond motifs is 1. The third kappa shape index (κ3) is 1.49. The molecule has 0 saturated heterocycles. The first kappa shape index (κ1) is 8.44. The van der Waals surface area contributed by atoms with Crippen LogP contribution in [0.2, 0.25) is 5.15 Å². The highest BCUT2D eigenvalue weighted by molar-refractivity contribution is 6.29. The van der Waals surface area contributed by atoms with Crippen LogP contribution < -0.4 is 0 Å². The number of rotatable bonds is 1. The maximum absolute atomic E-state index is 5.72. The van der Waals surface area contributed by atoms with Crippen molar-refractivity contribution >= 4 is 17.2 Å². The van der Waals surface area contributed by atoms with Crippen molar-refractivity contribution in [2.75, 3.05) is 0 Å². The van der Waals surface area contributed by atoms with Gasteiger partial charge in [0.25, 0.3) is 0 Å². The Labute approximate surface area is 80.6 Å². The molecule has 0 N–H and O–H groups in total. The quantitative estimate of drug-likeness (QED) is 0.655. The standard InChI is InChI=1S/C8H9ClN4/c1-5(2)8-11-7-3-6(9)10-4-13(7)12-8/h3-5H,1-2H3. The number of aromatic nitrogens is 4. The van der Waals surface area contributed by atoms with Crippen LogP contribution in [0.3, 0.4) is 0 Å². The zero-order valence-electron chi connectivity index (χ0n) is 7.40. The number of nitrogens with zero attached hydrogens (tertiary/aromatic N) is 4. The molecular weight excluding hydrogens is 188 g/mol. The van der Waals surface area contributed by atoms with E-state index < -0.39 is 0 Å². The molecule has 0 atom stereocenters. The molecule has 0 amide bonds. The number of hydrogen-bond acceptors (Lipinski definition) is 3. The van der Waals surface area contributed by atoms with E-state index in [9.17, 15) is 0 Å². The lowest BCUT2D eigenvalue weighted by molar-refractivity contribution is 0.761. The first-order valence-corrected chi connectivity index (χ1v) is 4.42. The third-order valence-corrected chi connectivity index (χ3v) is 1.94. The van der Waals surface area contributed by atoms with Crippen LogP contribution in [-0.4, -0.2) is 19.6 Å². The summed E-state index contributed by atoms with van der Waals surface area (Å²) in [6, 6.07) is 1.69. The van der Waals surface area contributed by atoms with Gasteiger partial charge in [-0.25, -0.2) is 14.5 Å². The molecule has 2 heterocycles. The fourth-order valence-electron chi connectivity index (χ4n) is 1.03. The van der Waals surface area contributed by atoms with Gasteiger partial charge in [-0.05, 0) is 0 Å². The summed E-state index contributed by atoms with van der Waals surface area (Å²) < 4.78 is 1.63. The molecule has 0 aromatic carbocycles. The summed E-state index contributed by atoms with van der Waals surface area (Å²) in [5, 5.41) is 4.68. The Bertz CT molecular complexity index is 435. The largest absolute Gasteiger partial charge is 0.224 e. The van der Waals surface area contributed by atoms with Crippen molar-refractivity contribution in [3.05, 3.63) is 23.4 Å². The molecule has 0 saturated carbocycles. The number of hydrogen-bond donors (Lipinski definition) is 0. The van der Waals surface area contributed by atoms with E-state index in [4.69, 9.17) is 11.6 Å². The molecule has 0 aliphatic carbocycles. The molecule has 0 spiro atoms. The lowest BCUT2D eigenvalue weighted by Crippen LogP contribution is -1.91. The van der Waals surface area contributed by atoms with Crippen LogP contribution in [0.4, 0.5) is 0 Å². The zero-order valence-corrected chi connectivity index (χ0v) is 8.15. The van der Waals surface area contributed by atoms with Crippen LogP contribution >= 0.6 is 11.6 Å². The Kier molecular flexibility index (Phi) is 1.92. The molecule has 68 valence electrons. The molecule has 2 aromatic rings. The van der Waals surface area contributed by atoms with Gasteiger partial charge >= 0.3 is 0 Å². The van der Waals surface area contributed by atoms with Crippen molar-refractivity contribution in [1.82, 2.24) is 19.6 Å². The van der Waals surface area contributed by atoms with Crippen LogP contribution in [0, 0.1) is 0 Å². The van der Waals surface area contributed by atoms with Gasteiger partial charge in [0.1, 0.15) is 11.5 Å². The summed E-state index contributed by atoms with van der Waals surface area (Å²) in [5.41, 5.74) is 0.740. The van der Waals surface area contributed by atoms with Crippen molar-refractivity contribution in [3.8, 4) is 0 Å². The highest BCUT2D eigenvalue weighted by atomic mass is 35.5. The highest BCUT2D eigenvalue weighted by Crippen LogP contribution is 2.12. The van der Waals surface area contributed by atoms with E-state index in [0.29, 0.717) is 11.1 Å². The average Bonchev–Trinajstić information content (AvgIpc) is 2.46. The molecule has 2 aromatic heterocycles. The molecule has 0 aliphatic heterocycles. The molecule has 0 radical (unpaired) electrons. The summed E-state index contributed by atoms with van der Waals surface area (Å²) in [5.74, 6) is 1.13. The van der Waals surface area contributed by atoms with E-state index in [1.807, 2.05) is 13.8 Å². The Hall–Kier alpha value is -1.16. The second-order valence-electron chi connectivity index (χ2n) is 3.14. The maximum Gasteiger partial charge on any atom is 0.160 e. The SMILES string of the molecule is CC(C)c1nc2cc(Cl)ncn2n1. The van der Waals surface area contributed by atoms with Gasteiger partial charge in [-0.15, -0.1) is 5.10 Å². The van der Waals surface area contributed by atoms with Crippen molar-refractivity contribution in [2.45, 2.75) is 19.8 Å². The summed E-state index contributed by atoms with van der Waals surface area (Å²) in [6.45, 7) is 4.09. The van der Waals surface area contributed by atoms with Crippen LogP contribution in [0.5, 0.6) is 0 Å². The molecule has 0 unspecified atom stereocenters. The van der Waals surface area contributed by atoms with Gasteiger partial charge in [0.15, 0.2) is 11.5 Å². The molecule has 4 nitrogen and oxygen atoms in total. The topological polar surface area (TPSA) is 43.1 Å². The van der Waals surface area contributed by atoms with Crippen molar-refractivity contribution in [1.29, 1.82) is 0 Å². The molecular formula is C8H9ClN4. The van der Waals surface area contributed by atoms with Gasteiger partial charge in [-0.3, -0.25) is 0 Å². The summed E-state index contributed by atoms with van der Waals surface area (Å²) >= 11 is 5.72. The summed E-state index contributed by atoms with van der Waals surface area (Å²) in [7, 11) is 0. The van der Waals surface area contributed by atoms with Gasteiger partial charge in [0.2, 0.25) is 0 Å². The van der Waals surface area contributed by atoms with Gasteiger partial charge in [-0.2, -0.15) is 0 Å². The third-order valence-electron chi connectivity index (χ3n) is 1.73. The van der Waals surface area contributed by atoms with Crippen LogP contribution in [-0.2, 0) is 0 Å². The van der Waals surface area contributed by atoms with Gasteiger partial charge in [-0.1, -0.05) is 25.4 Å². The Morgan fingerprint density at radius 3 is 2.92 bits per heavy atom. The molecule has 0 bridgehead atoms. The monoisotopic (exact) mass is 196 g/mol. The van der Waals surface area contributed by atoms with E-state index in [2.05, 4.69) is 15.1 Å². The van der Waals surface area contributed by atoms with Gasteiger partial charge in [0, 0.05) is 12.0 Å². The first-order chi connectivity index (χ1) is 6.16. The second kappa shape index (κ2) is 2.96. The molecule has 5 heteroatoms. The molecule has 2 rings (SSSR count). The van der Waals surface area contributed by atoms with Crippen molar-refractivity contribution in [2.24, 2.45) is 0 Å². The predicted molar refractivity (Wildman–Crippen MR) is 49.9 cm³/mol. The molecule has 0 aliphatic rings. The number of halogens is 1. The molecule has 13 heavy (non-hydrogen) atoms. The van der Waals surface area contributed by atoms with E-state index >= 15 is 0 Å². The van der Waals surface area contributed by atoms with Crippen molar-refractivity contribution in [3.63, 3.8) is 0 Å². The Morgan fingerprint density at radius 2 is 2.23 bits per heavy atom. The minimum Gasteiger partial charge on any atom is -0.224 e. The average molecular weight is 197 g/mol. The van der Waals surface area contributed by atoms with Crippen LogP contribution in [0.1, 0.15) is 25.6 Å². The van der Waals surface area contributed by atoms with E-state index in [-0.39, 0.29) is 0 Å². The first-order valence-electron chi connectivity index (χ1n) is 4.04. The smallest absolute Gasteiger partial charge is 0.160 e. The lowest BCUT2D eigenvalue weighted by Gasteiger charge is -1.92. The summed E-state index contributed by atoms with van der Waals surface area (Å²) in [4.78, 5) is 8.21. The fourth-order valence-corrected chi connectivity index (χ4v) is 1.18. The minimum atomic E-state index is 0.318. The maximum atomic E-state index is 5.72. The highest BCUT2D eigenvalue weighted by Gasteiger charge is 2.07. The van der Waals surface area contributed by atoms with Gasteiger partial charge < -0.3 is 0 Å². The van der Waals surface area contributed by atoms with E-state index in [1.54, 1.807) is 16.9 Å². The fraction of sp³-hybridized carbons (Fsp3) is 0.375. The Morgan fingerprint density at radius 1 is 1.46 bits per heavy atom. The van der Waals surface area contributed by atoms with Gasteiger partial charge in [0.05, 0.1) is 0 Å². The van der Waals surface area contributed by atoms with E-state index in [0.717, 1.165) is 11.5 Å². The molecule has 0 fully saturated rings. The van der Waals surface area contributed by atoms with E-state index in [1.165, 1.54) is 0 Å². The van der Waals surface area contributed by atoms with Crippen LogP contribution in [0.25, 0.3) is 5.65 Å². The summed E-state index contributed by atoms with van der Waals surface area (Å²) in [6.07, 6.45) is 1.57. The zero-order chi connectivity index (χ0) is 9.42. The van der Waals surface area contributed by atoms with Crippen molar-refractivity contribution < 1.29 is 0 Å².